The normalized spacial score (nSPS) is 19.8. The number of carbonyl (C=O) groups excluding carboxylic acids is 2. The minimum atomic E-state index is -0.655. The molecule has 0 saturated heterocycles. The molecule has 0 bridgehead atoms. The van der Waals surface area contributed by atoms with Gasteiger partial charge >= 0.3 is 12.1 Å². The number of carbonyl (C=O) groups is 2. The third kappa shape index (κ3) is 5.06. The zero-order valence-electron chi connectivity index (χ0n) is 17.4. The molecule has 0 radical (unpaired) electrons. The zero-order chi connectivity index (χ0) is 21.2. The molecule has 1 fully saturated rings. The Kier molecular flexibility index (Phi) is 6.12. The standard InChI is InChI=1S/C21H29N3O5/c1-21(2,3)29-20(27)22-18-9-14-11-24(15-7-5-13(12-25)6-8-15)23-17(14)10-16(18)19(26)28-4/h9-11,13,15,25H,5-8,12H2,1-4H3,(H,22,27). The van der Waals surface area contributed by atoms with Crippen LogP contribution >= 0.6 is 0 Å². The van der Waals surface area contributed by atoms with Crippen molar-refractivity contribution >= 4 is 28.7 Å². The average Bonchev–Trinajstić information content (AvgIpc) is 3.08. The van der Waals surface area contributed by atoms with Gasteiger partial charge < -0.3 is 14.6 Å². The number of ether oxygens (including phenoxy) is 2. The highest BCUT2D eigenvalue weighted by Gasteiger charge is 2.24. The van der Waals surface area contributed by atoms with Crippen molar-refractivity contribution in [2.45, 2.75) is 58.1 Å². The van der Waals surface area contributed by atoms with Gasteiger partial charge in [-0.25, -0.2) is 9.59 Å². The second-order valence-corrected chi connectivity index (χ2v) is 8.54. The highest BCUT2D eigenvalue weighted by Crippen LogP contribution is 2.33. The number of nitrogens with one attached hydrogen (secondary N) is 1. The van der Waals surface area contributed by atoms with Gasteiger partial charge in [0.1, 0.15) is 5.60 Å². The molecule has 3 rings (SSSR count). The summed E-state index contributed by atoms with van der Waals surface area (Å²) < 4.78 is 12.1. The zero-order valence-corrected chi connectivity index (χ0v) is 17.4. The molecular weight excluding hydrogens is 374 g/mol. The minimum absolute atomic E-state index is 0.222. The van der Waals surface area contributed by atoms with Gasteiger partial charge in [-0.15, -0.1) is 0 Å². The van der Waals surface area contributed by atoms with Crippen molar-refractivity contribution < 1.29 is 24.2 Å². The van der Waals surface area contributed by atoms with Crippen molar-refractivity contribution in [3.8, 4) is 0 Å². The van der Waals surface area contributed by atoms with Crippen LogP contribution in [0.5, 0.6) is 0 Å². The van der Waals surface area contributed by atoms with Crippen LogP contribution < -0.4 is 5.32 Å². The third-order valence-electron chi connectivity index (χ3n) is 5.15. The fourth-order valence-electron chi connectivity index (χ4n) is 3.67. The van der Waals surface area contributed by atoms with Crippen molar-refractivity contribution in [3.05, 3.63) is 23.9 Å². The van der Waals surface area contributed by atoms with Crippen LogP contribution in [0.15, 0.2) is 18.3 Å². The maximum atomic E-state index is 12.2. The number of hydrogen-bond donors (Lipinski definition) is 2. The molecule has 29 heavy (non-hydrogen) atoms. The first-order chi connectivity index (χ1) is 13.7. The Balaban J connectivity index is 1.89. The van der Waals surface area contributed by atoms with Crippen LogP contribution in [0.2, 0.25) is 0 Å². The Bertz CT molecular complexity index is 892. The van der Waals surface area contributed by atoms with Crippen LogP contribution in [-0.2, 0) is 9.47 Å². The molecule has 1 heterocycles. The second-order valence-electron chi connectivity index (χ2n) is 8.54. The summed E-state index contributed by atoms with van der Waals surface area (Å²) in [7, 11) is 1.29. The molecule has 0 atom stereocenters. The summed E-state index contributed by atoms with van der Waals surface area (Å²) in [6.07, 6.45) is 5.13. The lowest BCUT2D eigenvalue weighted by molar-refractivity contribution is 0.0602. The molecule has 8 nitrogen and oxygen atoms in total. The molecule has 2 aromatic rings. The number of aromatic nitrogens is 2. The number of nitrogens with zero attached hydrogens (tertiary/aromatic N) is 2. The van der Waals surface area contributed by atoms with Gasteiger partial charge in [0.05, 0.1) is 29.9 Å². The van der Waals surface area contributed by atoms with E-state index in [0.29, 0.717) is 17.1 Å². The lowest BCUT2D eigenvalue weighted by Gasteiger charge is -2.27. The molecule has 1 aliphatic carbocycles. The highest BCUT2D eigenvalue weighted by molar-refractivity contribution is 6.04. The van der Waals surface area contributed by atoms with Gasteiger partial charge in [-0.1, -0.05) is 0 Å². The fourth-order valence-corrected chi connectivity index (χ4v) is 3.67. The van der Waals surface area contributed by atoms with Crippen LogP contribution in [0.4, 0.5) is 10.5 Å². The Morgan fingerprint density at radius 3 is 2.52 bits per heavy atom. The van der Waals surface area contributed by atoms with Gasteiger partial charge in [-0.05, 0) is 64.5 Å². The number of rotatable bonds is 4. The van der Waals surface area contributed by atoms with Crippen molar-refractivity contribution in [1.82, 2.24) is 9.78 Å². The monoisotopic (exact) mass is 403 g/mol. The molecule has 0 spiro atoms. The summed E-state index contributed by atoms with van der Waals surface area (Å²) in [6, 6.07) is 3.60. The van der Waals surface area contributed by atoms with Crippen molar-refractivity contribution in [2.24, 2.45) is 5.92 Å². The van der Waals surface area contributed by atoms with Crippen molar-refractivity contribution in [2.75, 3.05) is 19.0 Å². The number of anilines is 1. The number of fused-ring (bicyclic) bond motifs is 1. The topological polar surface area (TPSA) is 103 Å². The van der Waals surface area contributed by atoms with E-state index >= 15 is 0 Å². The molecule has 1 saturated carbocycles. The molecule has 1 aliphatic rings. The maximum absolute atomic E-state index is 12.2. The summed E-state index contributed by atoms with van der Waals surface area (Å²) in [5, 5.41) is 17.4. The third-order valence-corrected chi connectivity index (χ3v) is 5.15. The first-order valence-electron chi connectivity index (χ1n) is 9.92. The maximum Gasteiger partial charge on any atom is 0.412 e. The molecule has 1 amide bonds. The van der Waals surface area contributed by atoms with Crippen LogP contribution in [0.25, 0.3) is 10.9 Å². The summed E-state index contributed by atoms with van der Waals surface area (Å²) >= 11 is 0. The Morgan fingerprint density at radius 2 is 1.93 bits per heavy atom. The summed E-state index contributed by atoms with van der Waals surface area (Å²) in [5.74, 6) is -0.192. The van der Waals surface area contributed by atoms with E-state index in [1.807, 2.05) is 10.9 Å². The predicted molar refractivity (Wildman–Crippen MR) is 109 cm³/mol. The second kappa shape index (κ2) is 8.41. The number of esters is 1. The fraction of sp³-hybridized carbons (Fsp3) is 0.571. The largest absolute Gasteiger partial charge is 0.465 e. The van der Waals surface area contributed by atoms with Crippen LogP contribution in [0.1, 0.15) is 62.9 Å². The Morgan fingerprint density at radius 1 is 1.24 bits per heavy atom. The molecule has 1 aromatic carbocycles. The van der Waals surface area contributed by atoms with E-state index in [0.717, 1.165) is 31.1 Å². The van der Waals surface area contributed by atoms with E-state index in [1.165, 1.54) is 7.11 Å². The van der Waals surface area contributed by atoms with E-state index in [4.69, 9.17) is 9.47 Å². The molecule has 8 heteroatoms. The Hall–Kier alpha value is -2.61. The van der Waals surface area contributed by atoms with E-state index in [2.05, 4.69) is 10.4 Å². The number of hydrogen-bond acceptors (Lipinski definition) is 6. The molecule has 158 valence electrons. The first kappa shape index (κ1) is 21.1. The Labute approximate surface area is 170 Å². The van der Waals surface area contributed by atoms with Gasteiger partial charge in [0, 0.05) is 18.2 Å². The van der Waals surface area contributed by atoms with Gasteiger partial charge in [-0.2, -0.15) is 5.10 Å². The molecule has 0 aliphatic heterocycles. The highest BCUT2D eigenvalue weighted by atomic mass is 16.6. The smallest absolute Gasteiger partial charge is 0.412 e. The van der Waals surface area contributed by atoms with Gasteiger partial charge in [0.2, 0.25) is 0 Å². The number of benzene rings is 1. The number of aliphatic hydroxyl groups is 1. The van der Waals surface area contributed by atoms with E-state index in [1.54, 1.807) is 32.9 Å². The lowest BCUT2D eigenvalue weighted by Crippen LogP contribution is -2.27. The molecule has 0 unspecified atom stereocenters. The van der Waals surface area contributed by atoms with Gasteiger partial charge in [0.25, 0.3) is 0 Å². The van der Waals surface area contributed by atoms with E-state index in [-0.39, 0.29) is 18.2 Å². The van der Waals surface area contributed by atoms with Crippen molar-refractivity contribution in [3.63, 3.8) is 0 Å². The summed E-state index contributed by atoms with van der Waals surface area (Å²) in [6.45, 7) is 5.54. The molecular formula is C21H29N3O5. The van der Waals surface area contributed by atoms with E-state index in [9.17, 15) is 14.7 Å². The lowest BCUT2D eigenvalue weighted by atomic mass is 9.87. The van der Waals surface area contributed by atoms with Crippen LogP contribution in [0, 0.1) is 5.92 Å². The SMILES string of the molecule is COC(=O)c1cc2nn(C3CCC(CO)CC3)cc2cc1NC(=O)OC(C)(C)C. The number of aliphatic hydroxyl groups excluding tert-OH is 1. The molecule has 1 aromatic heterocycles. The van der Waals surface area contributed by atoms with Crippen LogP contribution in [-0.4, -0.2) is 46.3 Å². The van der Waals surface area contributed by atoms with Gasteiger partial charge in [0.15, 0.2) is 0 Å². The quantitative estimate of drug-likeness (QED) is 0.751. The summed E-state index contributed by atoms with van der Waals surface area (Å²) in [4.78, 5) is 24.5. The first-order valence-corrected chi connectivity index (χ1v) is 9.92. The average molecular weight is 403 g/mol. The van der Waals surface area contributed by atoms with Crippen molar-refractivity contribution in [1.29, 1.82) is 0 Å². The number of amides is 1. The summed E-state index contributed by atoms with van der Waals surface area (Å²) in [5.41, 5.74) is 0.546. The number of methoxy groups -OCH3 is 1. The van der Waals surface area contributed by atoms with Gasteiger partial charge in [-0.3, -0.25) is 10.00 Å². The predicted octanol–water partition coefficient (Wildman–Crippen LogP) is 3.89. The minimum Gasteiger partial charge on any atom is -0.465 e. The van der Waals surface area contributed by atoms with Crippen LogP contribution in [0.3, 0.4) is 0 Å². The molecule has 2 N–H and O–H groups in total. The van der Waals surface area contributed by atoms with E-state index < -0.39 is 17.7 Å².